The van der Waals surface area contributed by atoms with Crippen LogP contribution in [0, 0.1) is 0 Å². The van der Waals surface area contributed by atoms with Crippen molar-refractivity contribution >= 4 is 25.7 Å². The fourth-order valence-corrected chi connectivity index (χ4v) is 8.12. The van der Waals surface area contributed by atoms with Crippen molar-refractivity contribution in [2.24, 2.45) is 0 Å². The van der Waals surface area contributed by atoms with E-state index in [2.05, 4.69) is 130 Å². The van der Waals surface area contributed by atoms with Gasteiger partial charge < -0.3 is 24.2 Å². The maximum atomic E-state index is 12.9. The highest BCUT2D eigenvalue weighted by Gasteiger charge is 2.28. The molecule has 0 heterocycles. The number of phosphoric acid groups is 1. The van der Waals surface area contributed by atoms with Gasteiger partial charge in [0.15, 0.2) is 6.10 Å². The van der Waals surface area contributed by atoms with E-state index in [4.69, 9.17) is 23.3 Å². The van der Waals surface area contributed by atoms with Crippen molar-refractivity contribution in [3.05, 3.63) is 109 Å². The van der Waals surface area contributed by atoms with Crippen LogP contribution in [0.15, 0.2) is 109 Å². The minimum absolute atomic E-state index is 0.106. The number of hydrogen-bond donors (Lipinski definition) is 2. The number of ether oxygens (including phenoxy) is 3. The van der Waals surface area contributed by atoms with E-state index in [1.165, 1.54) is 25.7 Å². The number of aliphatic hydroxyl groups is 1. The van der Waals surface area contributed by atoms with Gasteiger partial charge in [0.25, 0.3) is 0 Å². The number of carbonyl (C=O) groups is 3. The molecule has 0 aliphatic carbocycles. The minimum Gasteiger partial charge on any atom is -0.462 e. The Morgan fingerprint density at radius 1 is 0.392 bits per heavy atom. The lowest BCUT2D eigenvalue weighted by atomic mass is 10.1. The van der Waals surface area contributed by atoms with E-state index >= 15 is 0 Å². The Morgan fingerprint density at radius 2 is 0.703 bits per heavy atom. The molecule has 0 aromatic rings. The molecule has 422 valence electrons. The summed E-state index contributed by atoms with van der Waals surface area (Å²) in [5.41, 5.74) is 0. The van der Waals surface area contributed by atoms with Crippen molar-refractivity contribution in [1.82, 2.24) is 0 Å². The van der Waals surface area contributed by atoms with Gasteiger partial charge in [-0.25, -0.2) is 4.57 Å². The summed E-state index contributed by atoms with van der Waals surface area (Å²) in [6, 6.07) is 0. The van der Waals surface area contributed by atoms with Crippen LogP contribution in [0.4, 0.5) is 0 Å². The van der Waals surface area contributed by atoms with Gasteiger partial charge in [0, 0.05) is 19.3 Å². The largest absolute Gasteiger partial charge is 0.472 e. The van der Waals surface area contributed by atoms with Crippen molar-refractivity contribution in [2.45, 2.75) is 238 Å². The molecule has 11 nitrogen and oxygen atoms in total. The molecule has 0 rings (SSSR count). The normalized spacial score (nSPS) is 14.2. The Labute approximate surface area is 450 Å². The van der Waals surface area contributed by atoms with Gasteiger partial charge in [-0.1, -0.05) is 194 Å². The first-order valence-corrected chi connectivity index (χ1v) is 30.3. The summed E-state index contributed by atoms with van der Waals surface area (Å²) < 4.78 is 39.4. The fraction of sp³-hybridized carbons (Fsp3) is 0.661. The molecule has 2 N–H and O–H groups in total. The monoisotopic (exact) mass is 1050 g/mol. The van der Waals surface area contributed by atoms with Gasteiger partial charge in [0.05, 0.1) is 19.8 Å². The molecule has 0 aliphatic rings. The number of allylic oxidation sites excluding steroid dienone is 18. The van der Waals surface area contributed by atoms with Crippen LogP contribution in [0.2, 0.25) is 0 Å². The number of rotatable bonds is 52. The topological polar surface area (TPSA) is 155 Å². The van der Waals surface area contributed by atoms with Gasteiger partial charge in [0.2, 0.25) is 0 Å². The number of esters is 3. The highest BCUT2D eigenvalue weighted by molar-refractivity contribution is 7.47. The molecular formula is C62H103O11P. The molecule has 0 bridgehead atoms. The van der Waals surface area contributed by atoms with E-state index in [9.17, 15) is 28.9 Å². The second-order valence-electron chi connectivity index (χ2n) is 18.7. The molecule has 0 saturated heterocycles. The SMILES string of the molecule is CC/C=C\C/C=C\C/C=C\C/C=C\CCCCCCCCC(=O)OCC(COP(=O)(O)OCC(CO)OC(=O)CCCCCCC/C=C\CCCCCC)OC(=O)CCCC/C=C\C/C=C\C/C=C\C/C=C\CC. The molecule has 0 radical (unpaired) electrons. The summed E-state index contributed by atoms with van der Waals surface area (Å²) in [7, 11) is -4.77. The zero-order chi connectivity index (χ0) is 54.1. The lowest BCUT2D eigenvalue weighted by molar-refractivity contribution is -0.161. The summed E-state index contributed by atoms with van der Waals surface area (Å²) in [6.45, 7) is 4.32. The van der Waals surface area contributed by atoms with Crippen molar-refractivity contribution in [3.63, 3.8) is 0 Å². The van der Waals surface area contributed by atoms with E-state index in [0.29, 0.717) is 19.3 Å². The maximum absolute atomic E-state index is 12.9. The summed E-state index contributed by atoms with van der Waals surface area (Å²) >= 11 is 0. The van der Waals surface area contributed by atoms with Crippen LogP contribution in [0.3, 0.4) is 0 Å². The van der Waals surface area contributed by atoms with Crippen LogP contribution < -0.4 is 0 Å². The number of aliphatic hydroxyl groups excluding tert-OH is 1. The van der Waals surface area contributed by atoms with E-state index in [-0.39, 0.29) is 25.9 Å². The molecule has 0 spiro atoms. The lowest BCUT2D eigenvalue weighted by Gasteiger charge is -2.21. The van der Waals surface area contributed by atoms with Crippen molar-refractivity contribution in [1.29, 1.82) is 0 Å². The molecule has 12 heteroatoms. The predicted molar refractivity (Wildman–Crippen MR) is 307 cm³/mol. The minimum atomic E-state index is -4.77. The lowest BCUT2D eigenvalue weighted by Crippen LogP contribution is -2.30. The zero-order valence-corrected chi connectivity index (χ0v) is 47.4. The van der Waals surface area contributed by atoms with E-state index in [1.807, 2.05) is 0 Å². The standard InChI is InChI=1S/C62H103O11P/c1-4-7-10-13-16-19-22-25-27-28-29-30-32-34-36-39-42-45-48-51-60(64)69-55-59(73-62(66)53-50-47-44-41-38-35-31-26-23-20-17-14-11-8-5-2)57-71-74(67,68)70-56-58(54-63)72-61(65)52-49-46-43-40-37-33-24-21-18-15-12-9-6-3/h7-8,10-11,16-17,19-21,24-27,29-31,38,41,58-59,63H,4-6,9,12-15,18,22-23,28,32-37,39-40,42-57H2,1-3H3,(H,67,68)/b10-7-,11-8-,19-16-,20-17-,24-21-,27-25-,30-29-,31-26-,41-38-. The van der Waals surface area contributed by atoms with Crippen LogP contribution in [-0.2, 0) is 42.2 Å². The second-order valence-corrected chi connectivity index (χ2v) is 20.1. The Balaban J connectivity index is 4.82. The maximum Gasteiger partial charge on any atom is 0.472 e. The first-order chi connectivity index (χ1) is 36.2. The molecule has 74 heavy (non-hydrogen) atoms. The molecule has 0 amide bonds. The van der Waals surface area contributed by atoms with Crippen molar-refractivity contribution < 1.29 is 52.2 Å². The average molecular weight is 1060 g/mol. The highest BCUT2D eigenvalue weighted by atomic mass is 31.2. The van der Waals surface area contributed by atoms with Gasteiger partial charge in [-0.3, -0.25) is 23.4 Å². The van der Waals surface area contributed by atoms with Crippen LogP contribution in [-0.4, -0.2) is 66.5 Å². The third-order valence-corrected chi connectivity index (χ3v) is 12.6. The molecule has 0 aliphatic heterocycles. The second kappa shape index (κ2) is 55.4. The number of hydrogen-bond acceptors (Lipinski definition) is 10. The third-order valence-electron chi connectivity index (χ3n) is 11.7. The first kappa shape index (κ1) is 70.1. The zero-order valence-electron chi connectivity index (χ0n) is 46.5. The predicted octanol–water partition coefficient (Wildman–Crippen LogP) is 17.0. The third kappa shape index (κ3) is 53.0. The van der Waals surface area contributed by atoms with Crippen LogP contribution in [0.5, 0.6) is 0 Å². The fourth-order valence-electron chi connectivity index (χ4n) is 7.33. The highest BCUT2D eigenvalue weighted by Crippen LogP contribution is 2.43. The van der Waals surface area contributed by atoms with Gasteiger partial charge in [-0.15, -0.1) is 0 Å². The van der Waals surface area contributed by atoms with Gasteiger partial charge in [0.1, 0.15) is 12.7 Å². The molecule has 0 saturated carbocycles. The van der Waals surface area contributed by atoms with E-state index in [0.717, 1.165) is 141 Å². The smallest absolute Gasteiger partial charge is 0.462 e. The summed E-state index contributed by atoms with van der Waals surface area (Å²) in [5.74, 6) is -1.55. The Hall–Kier alpha value is -3.86. The Kier molecular flexibility index (Phi) is 52.5. The van der Waals surface area contributed by atoms with Crippen molar-refractivity contribution in [3.8, 4) is 0 Å². The summed E-state index contributed by atoms with van der Waals surface area (Å²) in [6.07, 6.45) is 66.2. The Bertz CT molecular complexity index is 1660. The Morgan fingerprint density at radius 3 is 1.12 bits per heavy atom. The molecular weight excluding hydrogens is 952 g/mol. The number of phosphoric ester groups is 1. The molecule has 3 unspecified atom stereocenters. The molecule has 3 atom stereocenters. The van der Waals surface area contributed by atoms with Gasteiger partial charge >= 0.3 is 25.7 Å². The van der Waals surface area contributed by atoms with E-state index in [1.54, 1.807) is 0 Å². The van der Waals surface area contributed by atoms with E-state index < -0.39 is 57.8 Å². The number of unbranched alkanes of at least 4 members (excludes halogenated alkanes) is 17. The van der Waals surface area contributed by atoms with Gasteiger partial charge in [-0.05, 0) is 122 Å². The number of carbonyl (C=O) groups excluding carboxylic acids is 3. The quantitative estimate of drug-likeness (QED) is 0.0197. The molecule has 0 aromatic carbocycles. The van der Waals surface area contributed by atoms with Crippen LogP contribution >= 0.6 is 7.82 Å². The molecule has 0 fully saturated rings. The summed E-state index contributed by atoms with van der Waals surface area (Å²) in [5, 5.41) is 9.80. The van der Waals surface area contributed by atoms with Crippen LogP contribution in [0.25, 0.3) is 0 Å². The van der Waals surface area contributed by atoms with Crippen molar-refractivity contribution in [2.75, 3.05) is 26.4 Å². The van der Waals surface area contributed by atoms with Gasteiger partial charge in [-0.2, -0.15) is 0 Å². The first-order valence-electron chi connectivity index (χ1n) is 28.8. The van der Waals surface area contributed by atoms with Crippen LogP contribution in [0.1, 0.15) is 226 Å². The summed E-state index contributed by atoms with van der Waals surface area (Å²) in [4.78, 5) is 48.5. The molecule has 0 aromatic heterocycles. The average Bonchev–Trinajstić information content (AvgIpc) is 3.39.